The second-order valence-electron chi connectivity index (χ2n) is 4.80. The average molecular weight is 224 g/mol. The largest absolute Gasteiger partial charge is 0.377 e. The van der Waals surface area contributed by atoms with Gasteiger partial charge in [-0.2, -0.15) is 0 Å². The summed E-state index contributed by atoms with van der Waals surface area (Å²) in [6.07, 6.45) is 5.34. The van der Waals surface area contributed by atoms with Crippen LogP contribution >= 0.6 is 0 Å². The summed E-state index contributed by atoms with van der Waals surface area (Å²) < 4.78 is 5.77. The average Bonchev–Trinajstić information content (AvgIpc) is 2.32. The van der Waals surface area contributed by atoms with Crippen LogP contribution < -0.4 is 11.3 Å². The number of rotatable bonds is 4. The van der Waals surface area contributed by atoms with Crippen LogP contribution in [-0.2, 0) is 4.74 Å². The Hall–Kier alpha value is -0.560. The van der Waals surface area contributed by atoms with Gasteiger partial charge in [-0.25, -0.2) is 0 Å². The van der Waals surface area contributed by atoms with Crippen molar-refractivity contribution in [2.45, 2.75) is 57.6 Å². The van der Waals surface area contributed by atoms with Gasteiger partial charge < -0.3 is 4.74 Å². The van der Waals surface area contributed by atoms with Gasteiger partial charge in [0.15, 0.2) is 0 Å². The molecule has 0 amide bonds. The molecule has 16 heavy (non-hydrogen) atoms. The van der Waals surface area contributed by atoms with E-state index >= 15 is 0 Å². The van der Waals surface area contributed by atoms with Gasteiger partial charge in [0, 0.05) is 13.5 Å². The first kappa shape index (κ1) is 13.5. The number of hydrogen-bond acceptors (Lipinski definition) is 3. The van der Waals surface area contributed by atoms with E-state index in [-0.39, 0.29) is 11.6 Å². The number of nitrogens with one attached hydrogen (secondary N) is 1. The Bertz CT molecular complexity index is 259. The monoisotopic (exact) mass is 224 g/mol. The van der Waals surface area contributed by atoms with Crippen molar-refractivity contribution in [3.63, 3.8) is 0 Å². The van der Waals surface area contributed by atoms with Crippen molar-refractivity contribution in [3.05, 3.63) is 0 Å². The maximum Gasteiger partial charge on any atom is 0.0853 e. The molecule has 0 spiro atoms. The van der Waals surface area contributed by atoms with Crippen LogP contribution in [0.1, 0.15) is 46.0 Å². The predicted octanol–water partition coefficient (Wildman–Crippen LogP) is 1.83. The first-order chi connectivity index (χ1) is 7.68. The van der Waals surface area contributed by atoms with Crippen LogP contribution in [0.4, 0.5) is 0 Å². The number of ether oxygens (including phenoxy) is 1. The lowest BCUT2D eigenvalue weighted by atomic mass is 9.74. The lowest BCUT2D eigenvalue weighted by molar-refractivity contribution is -0.0736. The van der Waals surface area contributed by atoms with Gasteiger partial charge >= 0.3 is 0 Å². The summed E-state index contributed by atoms with van der Waals surface area (Å²) in [6.45, 7) is 4.16. The smallest absolute Gasteiger partial charge is 0.0853 e. The second kappa shape index (κ2) is 6.24. The summed E-state index contributed by atoms with van der Waals surface area (Å²) in [5, 5.41) is 0. The third kappa shape index (κ3) is 2.98. The molecule has 0 radical (unpaired) electrons. The van der Waals surface area contributed by atoms with Crippen LogP contribution in [-0.4, -0.2) is 18.8 Å². The van der Waals surface area contributed by atoms with Crippen LogP contribution in [0.25, 0.3) is 0 Å². The molecule has 3 heteroatoms. The summed E-state index contributed by atoms with van der Waals surface area (Å²) >= 11 is 0. The van der Waals surface area contributed by atoms with Crippen LogP contribution in [0.2, 0.25) is 0 Å². The molecular formula is C13H24N2O. The van der Waals surface area contributed by atoms with E-state index in [9.17, 15) is 0 Å². The lowest BCUT2D eigenvalue weighted by Crippen LogP contribution is -2.55. The van der Waals surface area contributed by atoms with Crippen molar-refractivity contribution >= 4 is 0 Å². The van der Waals surface area contributed by atoms with E-state index in [2.05, 4.69) is 24.2 Å². The maximum atomic E-state index is 5.77. The minimum absolute atomic E-state index is 0.120. The molecule has 1 fully saturated rings. The molecule has 3 N–H and O–H groups in total. The third-order valence-corrected chi connectivity index (χ3v) is 3.85. The molecule has 1 rings (SSSR count). The molecule has 0 heterocycles. The standard InChI is InChI=1S/C13H24N2O/c1-4-5-6-12(15-14)13(16-3)9-7-11(2)8-10-13/h11-12,15H,6-10,14H2,1-3H3. The molecule has 0 saturated heterocycles. The fourth-order valence-electron chi connectivity index (χ4n) is 2.55. The lowest BCUT2D eigenvalue weighted by Gasteiger charge is -2.43. The van der Waals surface area contributed by atoms with Crippen molar-refractivity contribution < 1.29 is 4.74 Å². The number of methoxy groups -OCH3 is 1. The number of hydrogen-bond donors (Lipinski definition) is 2. The first-order valence-corrected chi connectivity index (χ1v) is 6.09. The van der Waals surface area contributed by atoms with E-state index in [1.807, 2.05) is 6.92 Å². The fourth-order valence-corrected chi connectivity index (χ4v) is 2.55. The summed E-state index contributed by atoms with van der Waals surface area (Å²) in [5.74, 6) is 12.5. The molecular weight excluding hydrogens is 200 g/mol. The summed E-state index contributed by atoms with van der Waals surface area (Å²) in [4.78, 5) is 0. The zero-order valence-electron chi connectivity index (χ0n) is 10.7. The molecule has 3 nitrogen and oxygen atoms in total. The van der Waals surface area contributed by atoms with Crippen LogP contribution in [0.15, 0.2) is 0 Å². The molecule has 0 aromatic heterocycles. The molecule has 0 bridgehead atoms. The van der Waals surface area contributed by atoms with Crippen molar-refractivity contribution in [1.29, 1.82) is 0 Å². The van der Waals surface area contributed by atoms with Crippen molar-refractivity contribution in [2.24, 2.45) is 11.8 Å². The maximum absolute atomic E-state index is 5.77. The Balaban J connectivity index is 2.71. The van der Waals surface area contributed by atoms with E-state index in [1.165, 1.54) is 12.8 Å². The Morgan fingerprint density at radius 3 is 2.56 bits per heavy atom. The minimum Gasteiger partial charge on any atom is -0.377 e. The van der Waals surface area contributed by atoms with E-state index in [1.54, 1.807) is 7.11 Å². The van der Waals surface area contributed by atoms with E-state index in [4.69, 9.17) is 10.6 Å². The van der Waals surface area contributed by atoms with E-state index in [0.29, 0.717) is 0 Å². The predicted molar refractivity (Wildman–Crippen MR) is 66.6 cm³/mol. The van der Waals surface area contributed by atoms with Gasteiger partial charge in [-0.15, -0.1) is 11.8 Å². The van der Waals surface area contributed by atoms with Crippen LogP contribution in [0.5, 0.6) is 0 Å². The number of hydrazine groups is 1. The highest BCUT2D eigenvalue weighted by atomic mass is 16.5. The zero-order valence-corrected chi connectivity index (χ0v) is 10.7. The Kier molecular flexibility index (Phi) is 5.27. The van der Waals surface area contributed by atoms with Gasteiger partial charge in [-0.05, 0) is 38.5 Å². The molecule has 1 atom stereocenters. The molecule has 0 aliphatic heterocycles. The molecule has 1 aliphatic carbocycles. The second-order valence-corrected chi connectivity index (χ2v) is 4.80. The molecule has 1 saturated carbocycles. The van der Waals surface area contributed by atoms with Crippen molar-refractivity contribution in [2.75, 3.05) is 7.11 Å². The van der Waals surface area contributed by atoms with Crippen molar-refractivity contribution in [1.82, 2.24) is 5.43 Å². The quantitative estimate of drug-likeness (QED) is 0.435. The van der Waals surface area contributed by atoms with Gasteiger partial charge in [0.25, 0.3) is 0 Å². The first-order valence-electron chi connectivity index (χ1n) is 6.09. The SMILES string of the molecule is CC#CCC(NN)C1(OC)CCC(C)CC1. The number of nitrogens with two attached hydrogens (primary N) is 1. The minimum atomic E-state index is -0.120. The Labute approximate surface area is 99.1 Å². The highest BCUT2D eigenvalue weighted by Crippen LogP contribution is 2.37. The Morgan fingerprint density at radius 2 is 2.12 bits per heavy atom. The van der Waals surface area contributed by atoms with Crippen LogP contribution in [0.3, 0.4) is 0 Å². The molecule has 0 aromatic carbocycles. The highest BCUT2D eigenvalue weighted by molar-refractivity contribution is 5.05. The summed E-state index contributed by atoms with van der Waals surface area (Å²) in [5.41, 5.74) is 2.77. The summed E-state index contributed by atoms with van der Waals surface area (Å²) in [7, 11) is 1.79. The van der Waals surface area contributed by atoms with Gasteiger partial charge in [-0.3, -0.25) is 11.3 Å². The topological polar surface area (TPSA) is 47.3 Å². The third-order valence-electron chi connectivity index (χ3n) is 3.85. The molecule has 1 unspecified atom stereocenters. The highest BCUT2D eigenvalue weighted by Gasteiger charge is 2.40. The van der Waals surface area contributed by atoms with Gasteiger partial charge in [0.1, 0.15) is 0 Å². The van der Waals surface area contributed by atoms with E-state index in [0.717, 1.165) is 25.2 Å². The Morgan fingerprint density at radius 1 is 1.50 bits per heavy atom. The van der Waals surface area contributed by atoms with Crippen LogP contribution in [0, 0.1) is 17.8 Å². The van der Waals surface area contributed by atoms with Gasteiger partial charge in [0.2, 0.25) is 0 Å². The summed E-state index contributed by atoms with van der Waals surface area (Å²) in [6, 6.07) is 0.137. The van der Waals surface area contributed by atoms with E-state index < -0.39 is 0 Å². The van der Waals surface area contributed by atoms with Crippen molar-refractivity contribution in [3.8, 4) is 11.8 Å². The normalized spacial score (nSPS) is 31.6. The zero-order chi connectivity index (χ0) is 12.0. The molecule has 1 aliphatic rings. The fraction of sp³-hybridized carbons (Fsp3) is 0.846. The molecule has 0 aromatic rings. The van der Waals surface area contributed by atoms with Gasteiger partial charge in [-0.1, -0.05) is 6.92 Å². The van der Waals surface area contributed by atoms with Gasteiger partial charge in [0.05, 0.1) is 11.6 Å². The molecule has 92 valence electrons.